The van der Waals surface area contributed by atoms with Gasteiger partial charge in [-0.25, -0.2) is 4.79 Å². The summed E-state index contributed by atoms with van der Waals surface area (Å²) < 4.78 is 7.26. The third kappa shape index (κ3) is 3.31. The van der Waals surface area contributed by atoms with E-state index in [2.05, 4.69) is 15.3 Å². The lowest BCUT2D eigenvalue weighted by Crippen LogP contribution is -2.22. The third-order valence-electron chi connectivity index (χ3n) is 3.75. The van der Waals surface area contributed by atoms with E-state index in [4.69, 9.17) is 28.6 Å². The maximum Gasteiger partial charge on any atom is 0.412 e. The van der Waals surface area contributed by atoms with Crippen LogP contribution in [0.2, 0.25) is 5.02 Å². The summed E-state index contributed by atoms with van der Waals surface area (Å²) in [6.45, 7) is 2.28. The predicted octanol–water partition coefficient (Wildman–Crippen LogP) is 3.12. The molecule has 3 rings (SSSR count). The summed E-state index contributed by atoms with van der Waals surface area (Å²) in [5.41, 5.74) is 2.65. The molecule has 1 amide bonds. The van der Waals surface area contributed by atoms with E-state index in [1.54, 1.807) is 24.4 Å². The normalized spacial score (nSPS) is 10.8. The number of nitrogens with one attached hydrogen (secondary N) is 3. The number of H-pyrrole nitrogens is 2. The number of rotatable bonds is 3. The van der Waals surface area contributed by atoms with Crippen LogP contribution in [-0.2, 0) is 6.54 Å². The van der Waals surface area contributed by atoms with Crippen LogP contribution in [0.25, 0.3) is 11.0 Å². The largest absolute Gasteiger partial charge is 0.412 e. The first-order valence-corrected chi connectivity index (χ1v) is 8.18. The molecule has 9 heteroatoms. The maximum atomic E-state index is 12.0. The lowest BCUT2D eigenvalue weighted by Gasteiger charge is -2.12. The van der Waals surface area contributed by atoms with Gasteiger partial charge in [0.15, 0.2) is 10.5 Å². The molecule has 0 saturated carbocycles. The molecule has 130 valence electrons. The molecule has 0 saturated heterocycles. The van der Waals surface area contributed by atoms with Crippen molar-refractivity contribution >= 4 is 40.9 Å². The van der Waals surface area contributed by atoms with E-state index in [0.29, 0.717) is 21.9 Å². The highest BCUT2D eigenvalue weighted by atomic mass is 35.5. The van der Waals surface area contributed by atoms with E-state index in [0.717, 1.165) is 16.6 Å². The summed E-state index contributed by atoms with van der Waals surface area (Å²) in [7, 11) is 1.46. The zero-order chi connectivity index (χ0) is 18.1. The monoisotopic (exact) mass is 378 g/mol. The van der Waals surface area contributed by atoms with Crippen LogP contribution in [0.15, 0.2) is 29.2 Å². The van der Waals surface area contributed by atoms with Crippen LogP contribution in [0, 0.1) is 11.7 Å². The molecule has 0 aliphatic carbocycles. The summed E-state index contributed by atoms with van der Waals surface area (Å²) >= 11 is 11.4. The lowest BCUT2D eigenvalue weighted by molar-refractivity contribution is 0.203. The number of halogens is 1. The molecule has 3 aromatic rings. The molecule has 0 fully saturated rings. The van der Waals surface area contributed by atoms with Crippen LogP contribution in [0.3, 0.4) is 0 Å². The van der Waals surface area contributed by atoms with Crippen molar-refractivity contribution < 1.29 is 9.53 Å². The van der Waals surface area contributed by atoms with Crippen molar-refractivity contribution in [2.24, 2.45) is 0 Å². The molecule has 0 atom stereocenters. The Hall–Kier alpha value is -2.58. The second kappa shape index (κ2) is 6.73. The molecule has 0 radical (unpaired) electrons. The van der Waals surface area contributed by atoms with E-state index in [1.165, 1.54) is 7.05 Å². The van der Waals surface area contributed by atoms with Gasteiger partial charge in [-0.15, -0.1) is 0 Å². The van der Waals surface area contributed by atoms with Crippen molar-refractivity contribution in [2.45, 2.75) is 13.5 Å². The molecular weight excluding hydrogens is 364 g/mol. The van der Waals surface area contributed by atoms with Crippen LogP contribution in [0.5, 0.6) is 5.75 Å². The van der Waals surface area contributed by atoms with Crippen LogP contribution < -0.4 is 15.6 Å². The number of benzene rings is 1. The predicted molar refractivity (Wildman–Crippen MR) is 98.1 cm³/mol. The maximum absolute atomic E-state index is 12.0. The number of carbonyl (C=O) groups is 1. The Morgan fingerprint density at radius 2 is 2.20 bits per heavy atom. The summed E-state index contributed by atoms with van der Waals surface area (Å²) in [5, 5.41) is 2.69. The number of carbonyl (C=O) groups excluding carboxylic acids is 1. The lowest BCUT2D eigenvalue weighted by atomic mass is 10.2. The molecule has 0 bridgehead atoms. The van der Waals surface area contributed by atoms with Crippen molar-refractivity contribution in [1.82, 2.24) is 19.9 Å². The summed E-state index contributed by atoms with van der Waals surface area (Å²) in [6.07, 6.45) is 1.15. The number of aryl methyl sites for hydroxylation is 1. The Balaban J connectivity index is 2.07. The number of hydrogen-bond acceptors (Lipinski definition) is 4. The first kappa shape index (κ1) is 17.2. The second-order valence-electron chi connectivity index (χ2n) is 5.45. The molecule has 3 N–H and O–H groups in total. The fraction of sp³-hybridized carbons (Fsp3) is 0.188. The van der Waals surface area contributed by atoms with Crippen LogP contribution in [0.1, 0.15) is 11.1 Å². The molecule has 2 heterocycles. The van der Waals surface area contributed by atoms with Gasteiger partial charge >= 0.3 is 6.09 Å². The zero-order valence-electron chi connectivity index (χ0n) is 13.5. The number of ether oxygens (including phenoxy) is 1. The minimum Gasteiger partial charge on any atom is -0.409 e. The van der Waals surface area contributed by atoms with E-state index in [9.17, 15) is 9.59 Å². The molecule has 7 nitrogen and oxygen atoms in total. The molecule has 1 aromatic carbocycles. The fourth-order valence-electron chi connectivity index (χ4n) is 2.57. The topological polar surface area (TPSA) is 91.9 Å². The molecule has 0 spiro atoms. The number of hydrogen-bond donors (Lipinski definition) is 3. The van der Waals surface area contributed by atoms with Gasteiger partial charge < -0.3 is 19.6 Å². The Morgan fingerprint density at radius 3 is 2.92 bits per heavy atom. The SMILES string of the molecule is CNC(=O)Oc1cc(Cn2c(=S)[nH]c(=O)c3[nH]cc(C)c32)ccc1Cl. The van der Waals surface area contributed by atoms with Crippen LogP contribution in [0.4, 0.5) is 4.79 Å². The molecular formula is C16H15ClN4O3S. The Labute approximate surface area is 152 Å². The minimum absolute atomic E-state index is 0.247. The number of aromatic nitrogens is 3. The van der Waals surface area contributed by atoms with Crippen molar-refractivity contribution in [3.8, 4) is 5.75 Å². The van der Waals surface area contributed by atoms with Gasteiger partial charge in [0.25, 0.3) is 5.56 Å². The highest BCUT2D eigenvalue weighted by molar-refractivity contribution is 7.71. The number of fused-ring (bicyclic) bond motifs is 1. The summed E-state index contributed by atoms with van der Waals surface area (Å²) in [5.74, 6) is 0.247. The van der Waals surface area contributed by atoms with E-state index in [1.807, 2.05) is 11.5 Å². The molecule has 2 aromatic heterocycles. The van der Waals surface area contributed by atoms with Crippen LogP contribution in [-0.4, -0.2) is 27.7 Å². The van der Waals surface area contributed by atoms with Gasteiger partial charge in [0.2, 0.25) is 0 Å². The van der Waals surface area contributed by atoms with Crippen molar-refractivity contribution in [3.05, 3.63) is 55.7 Å². The first-order valence-electron chi connectivity index (χ1n) is 7.39. The number of aromatic amines is 2. The summed E-state index contributed by atoms with van der Waals surface area (Å²) in [4.78, 5) is 29.1. The average Bonchev–Trinajstić information content (AvgIpc) is 2.96. The number of nitrogens with zero attached hydrogens (tertiary/aromatic N) is 1. The molecule has 25 heavy (non-hydrogen) atoms. The van der Waals surface area contributed by atoms with Gasteiger partial charge in [0.1, 0.15) is 5.52 Å². The average molecular weight is 379 g/mol. The smallest absolute Gasteiger partial charge is 0.409 e. The van der Waals surface area contributed by atoms with Crippen molar-refractivity contribution in [1.29, 1.82) is 0 Å². The van der Waals surface area contributed by atoms with Crippen molar-refractivity contribution in [2.75, 3.05) is 7.05 Å². The second-order valence-corrected chi connectivity index (χ2v) is 6.24. The quantitative estimate of drug-likeness (QED) is 0.610. The van der Waals surface area contributed by atoms with Gasteiger partial charge in [0, 0.05) is 13.2 Å². The molecule has 0 aliphatic rings. The molecule has 0 aliphatic heterocycles. The highest BCUT2D eigenvalue weighted by Crippen LogP contribution is 2.26. The minimum atomic E-state index is -0.608. The Kier molecular flexibility index (Phi) is 4.65. The van der Waals surface area contributed by atoms with E-state index < -0.39 is 6.09 Å². The van der Waals surface area contributed by atoms with Gasteiger partial charge in [-0.05, 0) is 42.4 Å². The van der Waals surface area contributed by atoms with Gasteiger partial charge in [0.05, 0.1) is 17.1 Å². The highest BCUT2D eigenvalue weighted by Gasteiger charge is 2.12. The summed E-state index contributed by atoms with van der Waals surface area (Å²) in [6, 6.07) is 5.11. The number of amides is 1. The van der Waals surface area contributed by atoms with Gasteiger partial charge in [-0.1, -0.05) is 17.7 Å². The first-order chi connectivity index (χ1) is 11.9. The van der Waals surface area contributed by atoms with Crippen LogP contribution >= 0.6 is 23.8 Å². The van der Waals surface area contributed by atoms with Crippen molar-refractivity contribution in [3.63, 3.8) is 0 Å². The fourth-order valence-corrected chi connectivity index (χ4v) is 2.98. The van der Waals surface area contributed by atoms with E-state index >= 15 is 0 Å². The molecule has 0 unspecified atom stereocenters. The third-order valence-corrected chi connectivity index (χ3v) is 4.38. The van der Waals surface area contributed by atoms with E-state index in [-0.39, 0.29) is 11.3 Å². The van der Waals surface area contributed by atoms with Gasteiger partial charge in [-0.2, -0.15) is 0 Å². The zero-order valence-corrected chi connectivity index (χ0v) is 15.0. The van der Waals surface area contributed by atoms with Gasteiger partial charge in [-0.3, -0.25) is 9.78 Å². The standard InChI is InChI=1S/C16H15ClN4O3S/c1-8-6-19-12-13(8)21(15(25)20-14(12)22)7-9-3-4-10(17)11(5-9)24-16(23)18-2/h3-6,19H,7H2,1-2H3,(H,18,23)(H,20,22,25). The Morgan fingerprint density at radius 1 is 1.44 bits per heavy atom. The Bertz CT molecular complexity index is 1080.